The second-order valence-corrected chi connectivity index (χ2v) is 5.86. The lowest BCUT2D eigenvalue weighted by molar-refractivity contribution is 0.169. The Balaban J connectivity index is 1.68. The van der Waals surface area contributed by atoms with Gasteiger partial charge >= 0.3 is 0 Å². The Kier molecular flexibility index (Phi) is 3.23. The molecule has 5 nitrogen and oxygen atoms in total. The van der Waals surface area contributed by atoms with E-state index in [1.165, 1.54) is 0 Å². The number of nitrogens with zero attached hydrogens (tertiary/aromatic N) is 1. The zero-order valence-electron chi connectivity index (χ0n) is 13.3. The summed E-state index contributed by atoms with van der Waals surface area (Å²) in [6.07, 6.45) is 1.32. The maximum atomic E-state index is 6.19. The Morgan fingerprint density at radius 3 is 2.44 bits per heavy atom. The number of benzene rings is 2. The quantitative estimate of drug-likeness (QED) is 0.703. The summed E-state index contributed by atoms with van der Waals surface area (Å²) in [6.45, 7) is 1.09. The fraction of sp³-hybridized carbons (Fsp3) is 0.150. The molecule has 0 radical (unpaired) electrons. The first-order valence-corrected chi connectivity index (χ1v) is 8.16. The molecule has 3 heterocycles. The first-order valence-electron chi connectivity index (χ1n) is 8.16. The van der Waals surface area contributed by atoms with E-state index in [0.29, 0.717) is 30.6 Å². The molecule has 0 fully saturated rings. The topological polar surface area (TPSA) is 53.2 Å². The van der Waals surface area contributed by atoms with E-state index in [-0.39, 0.29) is 6.10 Å². The molecule has 0 bridgehead atoms. The minimum Gasteiger partial charge on any atom is -0.486 e. The van der Waals surface area contributed by atoms with E-state index >= 15 is 0 Å². The van der Waals surface area contributed by atoms with Crippen LogP contribution in [0.15, 0.2) is 70.3 Å². The predicted octanol–water partition coefficient (Wildman–Crippen LogP) is 4.25. The van der Waals surface area contributed by atoms with Gasteiger partial charge in [0.05, 0.1) is 12.0 Å². The third-order valence-corrected chi connectivity index (χ3v) is 4.26. The molecule has 2 aliphatic rings. The van der Waals surface area contributed by atoms with Gasteiger partial charge in [-0.2, -0.15) is 0 Å². The zero-order valence-corrected chi connectivity index (χ0v) is 13.3. The molecule has 25 heavy (non-hydrogen) atoms. The van der Waals surface area contributed by atoms with Crippen LogP contribution >= 0.6 is 0 Å². The summed E-state index contributed by atoms with van der Waals surface area (Å²) in [5.74, 6) is 2.50. The molecule has 0 saturated heterocycles. The molecule has 2 aromatic carbocycles. The number of hydrogen-bond acceptors (Lipinski definition) is 5. The zero-order chi connectivity index (χ0) is 16.6. The maximum Gasteiger partial charge on any atom is 0.259 e. The van der Waals surface area contributed by atoms with Crippen molar-refractivity contribution in [2.45, 2.75) is 6.10 Å². The van der Waals surface area contributed by atoms with Gasteiger partial charge in [0.25, 0.3) is 5.90 Å². The van der Waals surface area contributed by atoms with E-state index in [4.69, 9.17) is 18.6 Å². The van der Waals surface area contributed by atoms with Crippen molar-refractivity contribution in [3.05, 3.63) is 77.7 Å². The molecule has 1 atom stereocenters. The largest absolute Gasteiger partial charge is 0.486 e. The minimum atomic E-state index is -0.287. The first-order chi connectivity index (χ1) is 12.4. The predicted molar refractivity (Wildman–Crippen MR) is 91.7 cm³/mol. The van der Waals surface area contributed by atoms with Crippen molar-refractivity contribution in [1.29, 1.82) is 0 Å². The van der Waals surface area contributed by atoms with Crippen molar-refractivity contribution in [3.63, 3.8) is 0 Å². The fourth-order valence-corrected chi connectivity index (χ4v) is 3.10. The van der Waals surface area contributed by atoms with E-state index in [1.807, 2.05) is 54.6 Å². The van der Waals surface area contributed by atoms with E-state index in [2.05, 4.69) is 4.99 Å². The summed E-state index contributed by atoms with van der Waals surface area (Å²) in [4.78, 5) is 4.64. The van der Waals surface area contributed by atoms with Crippen LogP contribution in [0.5, 0.6) is 11.5 Å². The van der Waals surface area contributed by atoms with Gasteiger partial charge in [-0.1, -0.05) is 30.3 Å². The van der Waals surface area contributed by atoms with Crippen LogP contribution in [-0.2, 0) is 4.74 Å². The highest BCUT2D eigenvalue weighted by Gasteiger charge is 2.30. The van der Waals surface area contributed by atoms with E-state index in [0.717, 1.165) is 22.6 Å². The van der Waals surface area contributed by atoms with Crippen LogP contribution in [0.3, 0.4) is 0 Å². The van der Waals surface area contributed by atoms with Crippen molar-refractivity contribution in [3.8, 4) is 11.5 Å². The minimum absolute atomic E-state index is 0.287. The summed E-state index contributed by atoms with van der Waals surface area (Å²) in [7, 11) is 0. The highest BCUT2D eigenvalue weighted by Crippen LogP contribution is 2.44. The third kappa shape index (κ3) is 2.45. The summed E-state index contributed by atoms with van der Waals surface area (Å²) in [5, 5.41) is 0. The van der Waals surface area contributed by atoms with Gasteiger partial charge in [-0.15, -0.1) is 0 Å². The first kappa shape index (κ1) is 14.2. The van der Waals surface area contributed by atoms with Gasteiger partial charge in [0.15, 0.2) is 23.4 Å². The summed E-state index contributed by atoms with van der Waals surface area (Å²) in [6, 6.07) is 17.6. The number of fused-ring (bicyclic) bond motifs is 2. The smallest absolute Gasteiger partial charge is 0.259 e. The van der Waals surface area contributed by atoms with Crippen molar-refractivity contribution < 1.29 is 18.6 Å². The molecule has 0 aliphatic carbocycles. The number of ether oxygens (including phenoxy) is 3. The van der Waals surface area contributed by atoms with E-state index in [9.17, 15) is 0 Å². The number of aliphatic imine (C=N–C) groups is 1. The molecule has 0 N–H and O–H groups in total. The normalized spacial score (nSPS) is 18.1. The standard InChI is InChI=1S/C20H15NO4/c1-2-5-13(6-3-1)19-14-11-17-18(24-10-9-23-17)12-15(14)21-20(25-19)16-7-4-8-22-16/h1-8,11-12,19H,9-10H2. The van der Waals surface area contributed by atoms with Crippen LogP contribution in [0.25, 0.3) is 0 Å². The van der Waals surface area contributed by atoms with Crippen LogP contribution in [-0.4, -0.2) is 19.1 Å². The number of furan rings is 1. The lowest BCUT2D eigenvalue weighted by Gasteiger charge is -2.28. The summed E-state index contributed by atoms with van der Waals surface area (Å²) < 4.78 is 23.1. The molecule has 0 spiro atoms. The highest BCUT2D eigenvalue weighted by molar-refractivity contribution is 5.95. The average molecular weight is 333 g/mol. The summed E-state index contributed by atoms with van der Waals surface area (Å²) >= 11 is 0. The number of rotatable bonds is 2. The van der Waals surface area contributed by atoms with Gasteiger partial charge in [0.1, 0.15) is 13.2 Å². The van der Waals surface area contributed by atoms with Crippen LogP contribution < -0.4 is 9.47 Å². The molecule has 1 aromatic heterocycles. The molecule has 2 aliphatic heterocycles. The third-order valence-electron chi connectivity index (χ3n) is 4.26. The second kappa shape index (κ2) is 5.70. The monoisotopic (exact) mass is 333 g/mol. The molecule has 5 rings (SSSR count). The maximum absolute atomic E-state index is 6.19. The van der Waals surface area contributed by atoms with Gasteiger partial charge in [0, 0.05) is 11.6 Å². The molecular formula is C20H15NO4. The fourth-order valence-electron chi connectivity index (χ4n) is 3.10. The molecule has 124 valence electrons. The van der Waals surface area contributed by atoms with Crippen molar-refractivity contribution in [1.82, 2.24) is 0 Å². The van der Waals surface area contributed by atoms with Crippen LogP contribution in [0.1, 0.15) is 23.0 Å². The van der Waals surface area contributed by atoms with Gasteiger partial charge in [-0.3, -0.25) is 0 Å². The van der Waals surface area contributed by atoms with Crippen LogP contribution in [0.2, 0.25) is 0 Å². The van der Waals surface area contributed by atoms with Crippen molar-refractivity contribution in [2.24, 2.45) is 4.99 Å². The van der Waals surface area contributed by atoms with Crippen LogP contribution in [0.4, 0.5) is 5.69 Å². The Morgan fingerprint density at radius 2 is 1.68 bits per heavy atom. The lowest BCUT2D eigenvalue weighted by Crippen LogP contribution is -2.20. The second-order valence-electron chi connectivity index (χ2n) is 5.86. The average Bonchev–Trinajstić information content (AvgIpc) is 3.21. The molecule has 3 aromatic rings. The van der Waals surface area contributed by atoms with Crippen molar-refractivity contribution in [2.75, 3.05) is 13.2 Å². The van der Waals surface area contributed by atoms with Crippen molar-refractivity contribution >= 4 is 11.6 Å². The van der Waals surface area contributed by atoms with Gasteiger partial charge in [-0.25, -0.2) is 4.99 Å². The summed E-state index contributed by atoms with van der Waals surface area (Å²) in [5.41, 5.74) is 2.79. The molecule has 0 amide bonds. The Morgan fingerprint density at radius 1 is 0.880 bits per heavy atom. The molecular weight excluding hydrogens is 318 g/mol. The SMILES string of the molecule is c1ccc(C2OC(c3ccco3)=Nc3cc4c(cc32)OCCO4)cc1. The number of hydrogen-bond donors (Lipinski definition) is 0. The highest BCUT2D eigenvalue weighted by atomic mass is 16.6. The molecule has 1 unspecified atom stereocenters. The Bertz CT molecular complexity index is 932. The van der Waals surface area contributed by atoms with E-state index < -0.39 is 0 Å². The Labute approximate surface area is 144 Å². The van der Waals surface area contributed by atoms with Gasteiger partial charge in [-0.05, 0) is 23.8 Å². The van der Waals surface area contributed by atoms with E-state index in [1.54, 1.807) is 6.26 Å². The van der Waals surface area contributed by atoms with Crippen LogP contribution in [0, 0.1) is 0 Å². The molecule has 5 heteroatoms. The molecule has 0 saturated carbocycles. The van der Waals surface area contributed by atoms with Gasteiger partial charge < -0.3 is 18.6 Å². The van der Waals surface area contributed by atoms with Gasteiger partial charge in [0.2, 0.25) is 0 Å². The lowest BCUT2D eigenvalue weighted by atomic mass is 9.98. The Hall–Kier alpha value is -3.21.